The maximum absolute atomic E-state index is 11.6. The molecule has 0 radical (unpaired) electrons. The van der Waals surface area contributed by atoms with Crippen molar-refractivity contribution in [2.45, 2.75) is 37.8 Å². The van der Waals surface area contributed by atoms with Crippen molar-refractivity contribution in [1.29, 1.82) is 0 Å². The molecular formula is C14H19NO3. The van der Waals surface area contributed by atoms with E-state index < -0.39 is 5.60 Å². The van der Waals surface area contributed by atoms with E-state index in [4.69, 9.17) is 10.5 Å². The summed E-state index contributed by atoms with van der Waals surface area (Å²) in [6, 6.07) is 7.47. The number of fused-ring (bicyclic) bond motifs is 1. The summed E-state index contributed by atoms with van der Waals surface area (Å²) in [6.45, 7) is 2.07. The minimum atomic E-state index is -1.19. The first-order valence-corrected chi connectivity index (χ1v) is 6.27. The largest absolute Gasteiger partial charge is 0.466 e. The molecular weight excluding hydrogens is 230 g/mol. The van der Waals surface area contributed by atoms with Gasteiger partial charge in [-0.1, -0.05) is 24.3 Å². The summed E-state index contributed by atoms with van der Waals surface area (Å²) in [6.07, 6.45) is 1.09. The minimum absolute atomic E-state index is 0.0362. The average Bonchev–Trinajstić information content (AvgIpc) is 2.28. The zero-order valence-corrected chi connectivity index (χ0v) is 10.6. The zero-order valence-electron chi connectivity index (χ0n) is 10.6. The molecule has 1 aromatic carbocycles. The first-order valence-electron chi connectivity index (χ1n) is 6.27. The lowest BCUT2D eigenvalue weighted by Gasteiger charge is -2.36. The highest BCUT2D eigenvalue weighted by atomic mass is 16.5. The second kappa shape index (κ2) is 5.08. The van der Waals surface area contributed by atoms with Gasteiger partial charge in [0.2, 0.25) is 0 Å². The summed E-state index contributed by atoms with van der Waals surface area (Å²) >= 11 is 0. The van der Waals surface area contributed by atoms with Crippen LogP contribution in [0.5, 0.6) is 0 Å². The van der Waals surface area contributed by atoms with Gasteiger partial charge >= 0.3 is 5.97 Å². The van der Waals surface area contributed by atoms with E-state index >= 15 is 0 Å². The molecule has 0 fully saturated rings. The number of ether oxygens (including phenoxy) is 1. The SMILES string of the molecule is CCOC(=O)C[C@@]1(O)C[C@@H](N)Cc2ccccc21. The lowest BCUT2D eigenvalue weighted by atomic mass is 9.75. The molecule has 0 saturated carbocycles. The van der Waals surface area contributed by atoms with Gasteiger partial charge in [0, 0.05) is 6.04 Å². The summed E-state index contributed by atoms with van der Waals surface area (Å²) in [4.78, 5) is 11.6. The third kappa shape index (κ3) is 2.54. The number of esters is 1. The van der Waals surface area contributed by atoms with E-state index in [0.29, 0.717) is 13.0 Å². The van der Waals surface area contributed by atoms with Crippen molar-refractivity contribution in [2.75, 3.05) is 6.61 Å². The molecule has 4 heteroatoms. The van der Waals surface area contributed by atoms with Crippen molar-refractivity contribution >= 4 is 5.97 Å². The number of rotatable bonds is 3. The van der Waals surface area contributed by atoms with E-state index in [0.717, 1.165) is 17.5 Å². The molecule has 0 aromatic heterocycles. The van der Waals surface area contributed by atoms with Crippen LogP contribution in [0.4, 0.5) is 0 Å². The Morgan fingerprint density at radius 1 is 1.56 bits per heavy atom. The van der Waals surface area contributed by atoms with E-state index in [2.05, 4.69) is 0 Å². The molecule has 0 saturated heterocycles. The molecule has 18 heavy (non-hydrogen) atoms. The Hall–Kier alpha value is -1.39. The zero-order chi connectivity index (χ0) is 13.2. The first-order chi connectivity index (χ1) is 8.55. The highest BCUT2D eigenvalue weighted by Crippen LogP contribution is 2.37. The van der Waals surface area contributed by atoms with Crippen LogP contribution in [-0.4, -0.2) is 23.7 Å². The molecule has 1 aliphatic rings. The summed E-state index contributed by atoms with van der Waals surface area (Å²) in [5, 5.41) is 10.7. The minimum Gasteiger partial charge on any atom is -0.466 e. The van der Waals surface area contributed by atoms with Crippen molar-refractivity contribution in [2.24, 2.45) is 5.73 Å². The monoisotopic (exact) mass is 249 g/mol. The molecule has 3 N–H and O–H groups in total. The summed E-state index contributed by atoms with van der Waals surface area (Å²) < 4.78 is 4.92. The van der Waals surface area contributed by atoms with E-state index in [1.54, 1.807) is 6.92 Å². The quantitative estimate of drug-likeness (QED) is 0.787. The van der Waals surface area contributed by atoms with Crippen molar-refractivity contribution in [1.82, 2.24) is 0 Å². The molecule has 1 aromatic rings. The normalized spacial score (nSPS) is 26.5. The predicted molar refractivity (Wildman–Crippen MR) is 67.9 cm³/mol. The Labute approximate surface area is 107 Å². The Morgan fingerprint density at radius 2 is 2.28 bits per heavy atom. The molecule has 98 valence electrons. The molecule has 0 bridgehead atoms. The van der Waals surface area contributed by atoms with Crippen LogP contribution >= 0.6 is 0 Å². The van der Waals surface area contributed by atoms with Crippen molar-refractivity contribution < 1.29 is 14.6 Å². The van der Waals surface area contributed by atoms with Crippen LogP contribution in [-0.2, 0) is 21.6 Å². The second-order valence-electron chi connectivity index (χ2n) is 4.84. The van der Waals surface area contributed by atoms with E-state index in [1.165, 1.54) is 0 Å². The fourth-order valence-corrected chi connectivity index (χ4v) is 2.67. The van der Waals surface area contributed by atoms with Gasteiger partial charge in [0.05, 0.1) is 13.0 Å². The van der Waals surface area contributed by atoms with Gasteiger partial charge < -0.3 is 15.6 Å². The van der Waals surface area contributed by atoms with E-state index in [-0.39, 0.29) is 18.4 Å². The molecule has 0 aliphatic heterocycles. The number of hydrogen-bond donors (Lipinski definition) is 2. The van der Waals surface area contributed by atoms with Gasteiger partial charge in [-0.15, -0.1) is 0 Å². The van der Waals surface area contributed by atoms with Crippen LogP contribution in [0.3, 0.4) is 0 Å². The Morgan fingerprint density at radius 3 is 3.00 bits per heavy atom. The van der Waals surface area contributed by atoms with Crippen LogP contribution < -0.4 is 5.73 Å². The Balaban J connectivity index is 2.29. The van der Waals surface area contributed by atoms with Crippen molar-refractivity contribution in [3.05, 3.63) is 35.4 Å². The van der Waals surface area contributed by atoms with Gasteiger partial charge in [-0.3, -0.25) is 4.79 Å². The molecule has 0 heterocycles. The van der Waals surface area contributed by atoms with Crippen LogP contribution in [0, 0.1) is 0 Å². The second-order valence-corrected chi connectivity index (χ2v) is 4.84. The van der Waals surface area contributed by atoms with Gasteiger partial charge in [-0.2, -0.15) is 0 Å². The standard InChI is InChI=1S/C14H19NO3/c1-2-18-13(16)9-14(17)8-11(15)7-10-5-3-4-6-12(10)14/h3-6,11,17H,2,7-9,15H2,1H3/t11-,14-/m0/s1. The smallest absolute Gasteiger partial charge is 0.309 e. The Bertz CT molecular complexity index is 446. The number of nitrogens with two attached hydrogens (primary N) is 1. The maximum atomic E-state index is 11.6. The summed E-state index contributed by atoms with van der Waals surface area (Å²) in [7, 11) is 0. The highest BCUT2D eigenvalue weighted by Gasteiger charge is 2.39. The summed E-state index contributed by atoms with van der Waals surface area (Å²) in [5.41, 5.74) is 6.59. The van der Waals surface area contributed by atoms with Crippen LogP contribution in [0.15, 0.2) is 24.3 Å². The fraction of sp³-hybridized carbons (Fsp3) is 0.500. The van der Waals surface area contributed by atoms with E-state index in [9.17, 15) is 9.90 Å². The first kappa shape index (κ1) is 13.1. The number of aliphatic hydroxyl groups is 1. The van der Waals surface area contributed by atoms with Crippen molar-refractivity contribution in [3.63, 3.8) is 0 Å². The molecule has 0 amide bonds. The molecule has 2 atom stereocenters. The third-order valence-corrected chi connectivity index (χ3v) is 3.34. The maximum Gasteiger partial charge on any atom is 0.309 e. The van der Waals surface area contributed by atoms with Crippen LogP contribution in [0.1, 0.15) is 30.9 Å². The predicted octanol–water partition coefficient (Wildman–Crippen LogP) is 1.10. The van der Waals surface area contributed by atoms with Gasteiger partial charge in [0.25, 0.3) is 0 Å². The molecule has 2 rings (SSSR count). The summed E-state index contributed by atoms with van der Waals surface area (Å²) in [5.74, 6) is -0.385. The number of carbonyl (C=O) groups is 1. The average molecular weight is 249 g/mol. The molecule has 1 aliphatic carbocycles. The molecule has 0 spiro atoms. The van der Waals surface area contributed by atoms with Gasteiger partial charge in [-0.25, -0.2) is 0 Å². The lowest BCUT2D eigenvalue weighted by Crippen LogP contribution is -2.43. The van der Waals surface area contributed by atoms with Crippen molar-refractivity contribution in [3.8, 4) is 0 Å². The highest BCUT2D eigenvalue weighted by molar-refractivity contribution is 5.71. The number of benzene rings is 1. The number of carbonyl (C=O) groups excluding carboxylic acids is 1. The van der Waals surface area contributed by atoms with Gasteiger partial charge in [-0.05, 0) is 30.9 Å². The topological polar surface area (TPSA) is 72.5 Å². The molecule has 4 nitrogen and oxygen atoms in total. The van der Waals surface area contributed by atoms with Gasteiger partial charge in [0.15, 0.2) is 0 Å². The number of hydrogen-bond acceptors (Lipinski definition) is 4. The van der Waals surface area contributed by atoms with E-state index in [1.807, 2.05) is 24.3 Å². The lowest BCUT2D eigenvalue weighted by molar-refractivity contribution is -0.150. The third-order valence-electron chi connectivity index (χ3n) is 3.34. The van der Waals surface area contributed by atoms with Gasteiger partial charge in [0.1, 0.15) is 5.60 Å². The fourth-order valence-electron chi connectivity index (χ4n) is 2.67. The van der Waals surface area contributed by atoms with Crippen LogP contribution in [0.2, 0.25) is 0 Å². The molecule has 0 unspecified atom stereocenters. The van der Waals surface area contributed by atoms with Crippen LogP contribution in [0.25, 0.3) is 0 Å². The Kier molecular flexibility index (Phi) is 3.68.